The van der Waals surface area contributed by atoms with Crippen molar-refractivity contribution in [2.75, 3.05) is 9.80 Å². The lowest BCUT2D eigenvalue weighted by atomic mass is 9.91. The highest BCUT2D eigenvalue weighted by Gasteiger charge is 2.29. The van der Waals surface area contributed by atoms with E-state index in [-0.39, 0.29) is 0 Å². The lowest BCUT2D eigenvalue weighted by Gasteiger charge is -2.30. The van der Waals surface area contributed by atoms with E-state index in [0.717, 1.165) is 106 Å². The normalized spacial score (nSPS) is 14.2. The molecule has 4 nitrogen and oxygen atoms in total. The van der Waals surface area contributed by atoms with Crippen molar-refractivity contribution in [3.63, 3.8) is 0 Å². The van der Waals surface area contributed by atoms with Crippen LogP contribution in [0.15, 0.2) is 264 Å². The molecule has 402 valence electrons. The van der Waals surface area contributed by atoms with Crippen molar-refractivity contribution in [3.05, 3.63) is 266 Å². The number of anilines is 6. The van der Waals surface area contributed by atoms with Crippen molar-refractivity contribution < 1.29 is 8.83 Å². The Morgan fingerprint density at radius 3 is 1.12 bits per heavy atom. The summed E-state index contributed by atoms with van der Waals surface area (Å²) in [5.74, 6) is 1.01. The molecule has 2 heterocycles. The Labute approximate surface area is 488 Å². The molecule has 2 aliphatic rings. The van der Waals surface area contributed by atoms with E-state index in [9.17, 15) is 0 Å². The van der Waals surface area contributed by atoms with Gasteiger partial charge < -0.3 is 18.6 Å². The van der Waals surface area contributed by atoms with Crippen LogP contribution in [0.25, 0.3) is 110 Å². The summed E-state index contributed by atoms with van der Waals surface area (Å²) in [5.41, 5.74) is 19.7. The number of furan rings is 2. The molecule has 0 amide bonds. The summed E-state index contributed by atoms with van der Waals surface area (Å²) >= 11 is 0. The maximum atomic E-state index is 7.40. The third-order valence-electron chi connectivity index (χ3n) is 18.8. The van der Waals surface area contributed by atoms with Gasteiger partial charge in [0, 0.05) is 43.7 Å². The predicted octanol–water partition coefficient (Wildman–Crippen LogP) is 23.6. The van der Waals surface area contributed by atoms with E-state index in [2.05, 4.69) is 265 Å². The van der Waals surface area contributed by atoms with E-state index in [1.807, 2.05) is 0 Å². The number of benzene rings is 13. The highest BCUT2D eigenvalue weighted by molar-refractivity contribution is 6.29. The Morgan fingerprint density at radius 1 is 0.262 bits per heavy atom. The van der Waals surface area contributed by atoms with Gasteiger partial charge in [-0.2, -0.15) is 0 Å². The molecule has 0 spiro atoms. The van der Waals surface area contributed by atoms with Crippen LogP contribution < -0.4 is 9.80 Å². The van der Waals surface area contributed by atoms with E-state index in [4.69, 9.17) is 8.83 Å². The predicted molar refractivity (Wildman–Crippen MR) is 353 cm³/mol. The maximum absolute atomic E-state index is 7.40. The lowest BCUT2D eigenvalue weighted by molar-refractivity contribution is 0.643. The van der Waals surface area contributed by atoms with Crippen molar-refractivity contribution in [1.29, 1.82) is 0 Å². The second-order valence-corrected chi connectivity index (χ2v) is 23.6. The largest absolute Gasteiger partial charge is 0.454 e. The van der Waals surface area contributed by atoms with Crippen molar-refractivity contribution in [1.82, 2.24) is 0 Å². The van der Waals surface area contributed by atoms with Crippen LogP contribution in [-0.4, -0.2) is 0 Å². The second kappa shape index (κ2) is 19.9. The molecule has 2 fully saturated rings. The molecular weight excluding hydrogens is 1020 g/mol. The molecule has 0 N–H and O–H groups in total. The summed E-state index contributed by atoms with van der Waals surface area (Å²) in [6, 6.07) is 94.3. The summed E-state index contributed by atoms with van der Waals surface area (Å²) < 4.78 is 14.7. The molecule has 84 heavy (non-hydrogen) atoms. The summed E-state index contributed by atoms with van der Waals surface area (Å²) in [4.78, 5) is 4.96. The third-order valence-corrected chi connectivity index (χ3v) is 18.8. The van der Waals surface area contributed by atoms with Gasteiger partial charge in [-0.3, -0.25) is 0 Å². The highest BCUT2D eigenvalue weighted by Crippen LogP contribution is 2.53. The van der Waals surface area contributed by atoms with E-state index < -0.39 is 0 Å². The minimum Gasteiger partial charge on any atom is -0.454 e. The first-order valence-corrected chi connectivity index (χ1v) is 30.3. The molecule has 2 saturated carbocycles. The van der Waals surface area contributed by atoms with Gasteiger partial charge in [-0.05, 0) is 158 Å². The van der Waals surface area contributed by atoms with E-state index in [1.54, 1.807) is 0 Å². The fraction of sp³-hybridized carbons (Fsp3) is 0.125. The first kappa shape index (κ1) is 48.8. The summed E-state index contributed by atoms with van der Waals surface area (Å²) in [6.07, 6.45) is 9.85. The van der Waals surface area contributed by atoms with Gasteiger partial charge in [0.2, 0.25) is 0 Å². The second-order valence-electron chi connectivity index (χ2n) is 23.6. The quantitative estimate of drug-likeness (QED) is 0.121. The lowest BCUT2D eigenvalue weighted by Crippen LogP contribution is -2.12. The number of nitrogens with zero attached hydrogens (tertiary/aromatic N) is 2. The Hall–Kier alpha value is -9.90. The van der Waals surface area contributed by atoms with Crippen LogP contribution in [0, 0.1) is 0 Å². The summed E-state index contributed by atoms with van der Waals surface area (Å²) in [6.45, 7) is 0. The molecule has 0 unspecified atom stereocenters. The zero-order chi connectivity index (χ0) is 55.2. The fourth-order valence-corrected chi connectivity index (χ4v) is 14.9. The average Bonchev–Trinajstić information content (AvgIpc) is 1.38. The van der Waals surface area contributed by atoms with Gasteiger partial charge in [0.1, 0.15) is 11.2 Å². The van der Waals surface area contributed by atoms with Crippen LogP contribution in [0.3, 0.4) is 0 Å². The molecule has 0 aliphatic heterocycles. The van der Waals surface area contributed by atoms with Crippen molar-refractivity contribution in [2.45, 2.75) is 63.2 Å². The van der Waals surface area contributed by atoms with Gasteiger partial charge in [-0.25, -0.2) is 0 Å². The molecule has 0 bridgehead atoms. The average molecular weight is 1080 g/mol. The third kappa shape index (κ3) is 7.95. The SMILES string of the molecule is c1ccc(-c2cccc(N(c3ccc4ccc5c(N(c6cc(-c7ccccc7)cc(-c7ccccc7)c6)c6cccc7c6oc6c(C8CCCC8)cccc67)ccc6ccc3c4c65)c3cccc4c3oc3c(C5CCCC5)cccc34)c2)cc1. The van der Waals surface area contributed by atoms with Crippen LogP contribution in [-0.2, 0) is 0 Å². The molecule has 4 heteroatoms. The van der Waals surface area contributed by atoms with Crippen LogP contribution in [0.4, 0.5) is 34.1 Å². The fourth-order valence-electron chi connectivity index (χ4n) is 14.9. The number of hydrogen-bond acceptors (Lipinski definition) is 4. The van der Waals surface area contributed by atoms with Crippen molar-refractivity contribution >= 4 is 110 Å². The van der Waals surface area contributed by atoms with E-state index in [1.165, 1.54) is 100 Å². The minimum atomic E-state index is 0.497. The molecule has 0 atom stereocenters. The number of para-hydroxylation sites is 4. The maximum Gasteiger partial charge on any atom is 0.159 e. The first-order chi connectivity index (χ1) is 41.7. The Balaban J connectivity index is 0.924. The Kier molecular flexibility index (Phi) is 11.6. The molecule has 0 saturated heterocycles. The van der Waals surface area contributed by atoms with E-state index in [0.29, 0.717) is 11.8 Å². The smallest absolute Gasteiger partial charge is 0.159 e. The van der Waals surface area contributed by atoms with Gasteiger partial charge in [0.25, 0.3) is 0 Å². The van der Waals surface area contributed by atoms with Crippen molar-refractivity contribution in [3.8, 4) is 33.4 Å². The van der Waals surface area contributed by atoms with Crippen LogP contribution >= 0.6 is 0 Å². The monoisotopic (exact) mass is 1080 g/mol. The Bertz CT molecular complexity index is 4930. The zero-order valence-corrected chi connectivity index (χ0v) is 46.8. The summed E-state index contributed by atoms with van der Waals surface area (Å²) in [7, 11) is 0. The number of hydrogen-bond donors (Lipinski definition) is 0. The van der Waals surface area contributed by atoms with Gasteiger partial charge in [-0.15, -0.1) is 0 Å². The van der Waals surface area contributed by atoms with Gasteiger partial charge in [0.05, 0.1) is 22.7 Å². The molecular formula is C80H60N2O2. The summed E-state index contributed by atoms with van der Waals surface area (Å²) in [5, 5.41) is 11.8. The number of rotatable bonds is 11. The number of fused-ring (bicyclic) bond motifs is 6. The molecule has 13 aromatic carbocycles. The molecule has 2 aromatic heterocycles. The molecule has 15 aromatic rings. The van der Waals surface area contributed by atoms with Crippen molar-refractivity contribution in [2.24, 2.45) is 0 Å². The topological polar surface area (TPSA) is 32.8 Å². The van der Waals surface area contributed by atoms with Crippen LogP contribution in [0.1, 0.15) is 74.3 Å². The minimum absolute atomic E-state index is 0.497. The standard InChI is InChI=1S/C80H60N2O2/c1-4-19-51(20-5-1)58-29-14-30-61(48-58)81(73-37-17-35-67-65-33-15-31-63(54-25-10-11-26-54)77(65)83-79(67)73)71-45-41-56-40-44-70-72(46-42-57-39-43-69(71)75(56)76(57)70)82(62-49-59(52-21-6-2-7-22-52)47-60(50-62)53-23-8-3-9-24-53)74-38-18-36-68-66-34-16-32-64(55-27-12-13-28-55)78(66)84-80(68)74/h1-9,14-24,29-50,54-55H,10-13,25-28H2. The highest BCUT2D eigenvalue weighted by atomic mass is 16.3. The van der Waals surface area contributed by atoms with Gasteiger partial charge in [0.15, 0.2) is 11.2 Å². The molecule has 0 radical (unpaired) electrons. The van der Waals surface area contributed by atoms with Gasteiger partial charge in [-0.1, -0.05) is 226 Å². The molecule has 2 aliphatic carbocycles. The van der Waals surface area contributed by atoms with Crippen LogP contribution in [0.2, 0.25) is 0 Å². The van der Waals surface area contributed by atoms with Gasteiger partial charge >= 0.3 is 0 Å². The Morgan fingerprint density at radius 2 is 0.643 bits per heavy atom. The molecule has 17 rings (SSSR count). The van der Waals surface area contributed by atoms with Crippen LogP contribution in [0.5, 0.6) is 0 Å². The zero-order valence-electron chi connectivity index (χ0n) is 46.8. The van der Waals surface area contributed by atoms with E-state index >= 15 is 0 Å². The first-order valence-electron chi connectivity index (χ1n) is 30.3.